The predicted octanol–water partition coefficient (Wildman–Crippen LogP) is 1.15. The lowest BCUT2D eigenvalue weighted by Gasteiger charge is -2.30. The van der Waals surface area contributed by atoms with Crippen molar-refractivity contribution < 1.29 is 25.7 Å². The Bertz CT molecular complexity index is 992. The van der Waals surface area contributed by atoms with Gasteiger partial charge in [-0.3, -0.25) is 4.72 Å². The van der Waals surface area contributed by atoms with E-state index in [4.69, 9.17) is 4.52 Å². The van der Waals surface area contributed by atoms with Crippen molar-refractivity contribution in [2.75, 3.05) is 24.1 Å². The topological polar surface area (TPSA) is 122 Å². The van der Waals surface area contributed by atoms with Gasteiger partial charge in [0, 0.05) is 13.1 Å². The van der Waals surface area contributed by atoms with Crippen LogP contribution in [0.1, 0.15) is 24.7 Å². The monoisotopic (exact) mass is 404 g/mol. The summed E-state index contributed by atoms with van der Waals surface area (Å²) in [6.07, 6.45) is 3.42. The second-order valence-corrected chi connectivity index (χ2v) is 9.66. The first kappa shape index (κ1) is 18.7. The number of piperidine rings is 1. The highest BCUT2D eigenvalue weighted by molar-refractivity contribution is 7.92. The van der Waals surface area contributed by atoms with Crippen molar-refractivity contribution in [3.05, 3.63) is 36.2 Å². The number of nitrogens with one attached hydrogen (secondary N) is 1. The molecular formula is C14H17FN4O5S2. The molecular weight excluding hydrogens is 387 g/mol. The molecule has 9 nitrogen and oxygen atoms in total. The molecule has 1 aliphatic rings. The Morgan fingerprint density at radius 2 is 2.08 bits per heavy atom. The number of sulfonamides is 2. The molecule has 1 N–H and O–H groups in total. The molecule has 1 aromatic carbocycles. The van der Waals surface area contributed by atoms with Crippen molar-refractivity contribution in [3.8, 4) is 0 Å². The van der Waals surface area contributed by atoms with Crippen LogP contribution in [0.5, 0.6) is 0 Å². The molecule has 2 aromatic rings. The van der Waals surface area contributed by atoms with Gasteiger partial charge in [-0.1, -0.05) is 5.16 Å². The fourth-order valence-electron chi connectivity index (χ4n) is 2.85. The van der Waals surface area contributed by atoms with Gasteiger partial charge in [0.05, 0.1) is 17.9 Å². The number of halogens is 1. The third-order valence-electron chi connectivity index (χ3n) is 3.96. The van der Waals surface area contributed by atoms with Crippen LogP contribution >= 0.6 is 0 Å². The van der Waals surface area contributed by atoms with Crippen molar-refractivity contribution in [1.29, 1.82) is 0 Å². The highest BCUT2D eigenvalue weighted by Crippen LogP contribution is 2.30. The maximum atomic E-state index is 14.4. The van der Waals surface area contributed by atoms with Gasteiger partial charge in [0.2, 0.25) is 25.9 Å². The Kier molecular flexibility index (Phi) is 4.99. The van der Waals surface area contributed by atoms with E-state index in [1.54, 1.807) is 0 Å². The molecule has 0 spiro atoms. The Balaban J connectivity index is 1.85. The Morgan fingerprint density at radius 3 is 2.69 bits per heavy atom. The first-order chi connectivity index (χ1) is 12.2. The molecule has 1 atom stereocenters. The van der Waals surface area contributed by atoms with Gasteiger partial charge in [0.25, 0.3) is 0 Å². The van der Waals surface area contributed by atoms with Crippen LogP contribution in [0.25, 0.3) is 0 Å². The Hall–Kier alpha value is -2.05. The Morgan fingerprint density at radius 1 is 1.31 bits per heavy atom. The van der Waals surface area contributed by atoms with Crippen LogP contribution in [0.3, 0.4) is 0 Å². The zero-order chi connectivity index (χ0) is 18.9. The molecule has 1 aliphatic heterocycles. The smallest absolute Gasteiger partial charge is 0.246 e. The molecule has 26 heavy (non-hydrogen) atoms. The van der Waals surface area contributed by atoms with Crippen LogP contribution in [0.2, 0.25) is 0 Å². The number of hydrogen-bond acceptors (Lipinski definition) is 7. The minimum atomic E-state index is -4.09. The van der Waals surface area contributed by atoms with Gasteiger partial charge in [-0.2, -0.15) is 9.29 Å². The Labute approximate surface area is 150 Å². The van der Waals surface area contributed by atoms with Gasteiger partial charge in [-0.05, 0) is 31.0 Å². The highest BCUT2D eigenvalue weighted by atomic mass is 32.2. The van der Waals surface area contributed by atoms with Gasteiger partial charge >= 0.3 is 0 Å². The molecule has 0 aliphatic carbocycles. The first-order valence-electron chi connectivity index (χ1n) is 7.71. The fraction of sp³-hybridized carbons (Fsp3) is 0.429. The lowest BCUT2D eigenvalue weighted by atomic mass is 10.00. The molecule has 0 saturated carbocycles. The predicted molar refractivity (Wildman–Crippen MR) is 89.9 cm³/mol. The van der Waals surface area contributed by atoms with Gasteiger partial charge in [0.15, 0.2) is 6.33 Å². The van der Waals surface area contributed by atoms with Crippen LogP contribution in [-0.4, -0.2) is 50.6 Å². The van der Waals surface area contributed by atoms with Crippen LogP contribution in [-0.2, 0) is 20.0 Å². The number of nitrogens with zero attached hydrogens (tertiary/aromatic N) is 3. The van der Waals surface area contributed by atoms with Crippen LogP contribution in [0, 0.1) is 5.82 Å². The number of anilines is 1. The molecule has 1 aromatic heterocycles. The molecule has 142 valence electrons. The number of rotatable bonds is 5. The van der Waals surface area contributed by atoms with E-state index in [9.17, 15) is 21.2 Å². The summed E-state index contributed by atoms with van der Waals surface area (Å²) in [6.45, 7) is 0.350. The SMILES string of the molecule is CS(=O)(=O)Nc1ccc(S(=O)(=O)N2CCC[C@H](c3ncno3)C2)c(F)c1. The van der Waals surface area contributed by atoms with Gasteiger partial charge < -0.3 is 4.52 Å². The molecule has 0 amide bonds. The van der Waals surface area contributed by atoms with Crippen molar-refractivity contribution in [1.82, 2.24) is 14.4 Å². The van der Waals surface area contributed by atoms with E-state index in [0.29, 0.717) is 18.7 Å². The van der Waals surface area contributed by atoms with E-state index in [-0.39, 0.29) is 24.7 Å². The highest BCUT2D eigenvalue weighted by Gasteiger charge is 2.34. The minimum absolute atomic E-state index is 0.0497. The van der Waals surface area contributed by atoms with E-state index in [1.807, 2.05) is 0 Å². The van der Waals surface area contributed by atoms with Crippen LogP contribution in [0.15, 0.2) is 33.9 Å². The summed E-state index contributed by atoms with van der Waals surface area (Å²) < 4.78 is 70.7. The third-order valence-corrected chi connectivity index (χ3v) is 6.47. The van der Waals surface area contributed by atoms with Crippen molar-refractivity contribution >= 4 is 25.7 Å². The molecule has 1 fully saturated rings. The van der Waals surface area contributed by atoms with E-state index in [1.165, 1.54) is 16.7 Å². The summed E-state index contributed by atoms with van der Waals surface area (Å²) >= 11 is 0. The third kappa shape index (κ3) is 4.02. The number of benzene rings is 1. The van der Waals surface area contributed by atoms with Crippen LogP contribution < -0.4 is 4.72 Å². The summed E-state index contributed by atoms with van der Waals surface area (Å²) in [5.74, 6) is -0.938. The lowest BCUT2D eigenvalue weighted by Crippen LogP contribution is -2.39. The summed E-state index contributed by atoms with van der Waals surface area (Å²) in [4.78, 5) is 3.44. The molecule has 12 heteroatoms. The number of aromatic nitrogens is 2. The average Bonchev–Trinajstić information content (AvgIpc) is 3.07. The molecule has 3 rings (SSSR count). The first-order valence-corrected chi connectivity index (χ1v) is 11.0. The molecule has 0 unspecified atom stereocenters. The normalized spacial score (nSPS) is 19.4. The molecule has 1 saturated heterocycles. The summed E-state index contributed by atoms with van der Waals surface area (Å²) in [5.41, 5.74) is -0.0497. The van der Waals surface area contributed by atoms with E-state index >= 15 is 0 Å². The van der Waals surface area contributed by atoms with Gasteiger partial charge in [0.1, 0.15) is 10.7 Å². The fourth-order valence-corrected chi connectivity index (χ4v) is 4.97. The molecule has 2 heterocycles. The van der Waals surface area contributed by atoms with E-state index in [0.717, 1.165) is 18.4 Å². The van der Waals surface area contributed by atoms with Gasteiger partial charge in [-0.25, -0.2) is 21.2 Å². The van der Waals surface area contributed by atoms with E-state index < -0.39 is 30.8 Å². The summed E-state index contributed by atoms with van der Waals surface area (Å²) in [5, 5.41) is 3.53. The zero-order valence-corrected chi connectivity index (χ0v) is 15.4. The quantitative estimate of drug-likeness (QED) is 0.793. The van der Waals surface area contributed by atoms with Crippen LogP contribution in [0.4, 0.5) is 10.1 Å². The average molecular weight is 404 g/mol. The number of hydrogen-bond donors (Lipinski definition) is 1. The largest absolute Gasteiger partial charge is 0.339 e. The minimum Gasteiger partial charge on any atom is -0.339 e. The van der Waals surface area contributed by atoms with Crippen molar-refractivity contribution in [2.24, 2.45) is 0 Å². The zero-order valence-electron chi connectivity index (χ0n) is 13.8. The summed E-state index contributed by atoms with van der Waals surface area (Å²) in [7, 11) is -7.68. The molecule has 0 radical (unpaired) electrons. The standard InChI is InChI=1S/C14H17FN4O5S2/c1-25(20,21)18-11-4-5-13(12(15)7-11)26(22,23)19-6-2-3-10(8-19)14-16-9-17-24-14/h4-5,7,9-10,18H,2-3,6,8H2,1H3/t10-/m0/s1. The maximum Gasteiger partial charge on any atom is 0.246 e. The second-order valence-electron chi connectivity index (χ2n) is 6.00. The van der Waals surface area contributed by atoms with Crippen molar-refractivity contribution in [3.63, 3.8) is 0 Å². The lowest BCUT2D eigenvalue weighted by molar-refractivity contribution is 0.265. The van der Waals surface area contributed by atoms with Gasteiger partial charge in [-0.15, -0.1) is 0 Å². The van der Waals surface area contributed by atoms with E-state index in [2.05, 4.69) is 14.9 Å². The summed E-state index contributed by atoms with van der Waals surface area (Å²) in [6, 6.07) is 3.10. The van der Waals surface area contributed by atoms with Crippen molar-refractivity contribution in [2.45, 2.75) is 23.7 Å². The maximum absolute atomic E-state index is 14.4. The second kappa shape index (κ2) is 6.93. The molecule has 0 bridgehead atoms.